The zero-order valence-corrected chi connectivity index (χ0v) is 7.34. The molecule has 1 heterocycles. The van der Waals surface area contributed by atoms with Crippen LogP contribution in [0.3, 0.4) is 0 Å². The Kier molecular flexibility index (Phi) is 1.73. The van der Waals surface area contributed by atoms with E-state index in [1.165, 1.54) is 0 Å². The number of carbonyl (C=O) groups excluding carboxylic acids is 1. The lowest BCUT2D eigenvalue weighted by atomic mass is 9.74. The number of ether oxygens (including phenoxy) is 2. The molecule has 1 aliphatic heterocycles. The molecule has 0 unspecified atom stereocenters. The summed E-state index contributed by atoms with van der Waals surface area (Å²) in [5, 5.41) is 0. The van der Waals surface area contributed by atoms with Crippen LogP contribution < -0.4 is 0 Å². The van der Waals surface area contributed by atoms with Crippen LogP contribution in [0.1, 0.15) is 32.6 Å². The molecule has 1 spiro atoms. The fourth-order valence-corrected chi connectivity index (χ4v) is 1.83. The third-order valence-electron chi connectivity index (χ3n) is 3.08. The van der Waals surface area contributed by atoms with E-state index >= 15 is 0 Å². The monoisotopic (exact) mass is 170 g/mol. The van der Waals surface area contributed by atoms with Crippen molar-refractivity contribution in [2.75, 3.05) is 6.79 Å². The van der Waals surface area contributed by atoms with Crippen LogP contribution in [0, 0.1) is 5.41 Å². The average molecular weight is 170 g/mol. The average Bonchev–Trinajstić information content (AvgIpc) is 2.04. The topological polar surface area (TPSA) is 35.5 Å². The minimum atomic E-state index is -0.303. The summed E-state index contributed by atoms with van der Waals surface area (Å²) < 4.78 is 10.7. The van der Waals surface area contributed by atoms with Crippen molar-refractivity contribution in [3.63, 3.8) is 0 Å². The molecular formula is C9H14O3. The maximum absolute atomic E-state index is 10.7. The second kappa shape index (κ2) is 2.54. The molecule has 0 amide bonds. The van der Waals surface area contributed by atoms with Crippen LogP contribution in [-0.4, -0.2) is 18.9 Å². The molecule has 0 aromatic heterocycles. The van der Waals surface area contributed by atoms with Gasteiger partial charge in [-0.1, -0.05) is 6.92 Å². The highest BCUT2D eigenvalue weighted by atomic mass is 16.9. The number of aldehydes is 1. The molecule has 2 rings (SSSR count). The van der Waals surface area contributed by atoms with Gasteiger partial charge in [0.05, 0.1) is 0 Å². The fourth-order valence-electron chi connectivity index (χ4n) is 1.83. The summed E-state index contributed by atoms with van der Waals surface area (Å²) in [6.07, 6.45) is 4.57. The van der Waals surface area contributed by atoms with Crippen molar-refractivity contribution in [2.45, 2.75) is 38.4 Å². The molecule has 1 saturated heterocycles. The Morgan fingerprint density at radius 1 is 1.17 bits per heavy atom. The standard InChI is InChI=1S/C9H14O3/c1-8(6-10)2-4-9(5-3-8)11-7-12-9/h6H,2-5,7H2,1H3. The van der Waals surface area contributed by atoms with Gasteiger partial charge in [-0.3, -0.25) is 0 Å². The van der Waals surface area contributed by atoms with Crippen LogP contribution >= 0.6 is 0 Å². The SMILES string of the molecule is CC1(C=O)CCC2(CC1)OCO2. The summed E-state index contributed by atoms with van der Waals surface area (Å²) >= 11 is 0. The van der Waals surface area contributed by atoms with Crippen molar-refractivity contribution >= 4 is 6.29 Å². The van der Waals surface area contributed by atoms with E-state index in [4.69, 9.17) is 9.47 Å². The molecule has 0 atom stereocenters. The molecule has 0 aromatic carbocycles. The van der Waals surface area contributed by atoms with Gasteiger partial charge >= 0.3 is 0 Å². The minimum Gasteiger partial charge on any atom is -0.324 e. The van der Waals surface area contributed by atoms with Gasteiger partial charge in [0.2, 0.25) is 0 Å². The highest BCUT2D eigenvalue weighted by Crippen LogP contribution is 2.44. The largest absolute Gasteiger partial charge is 0.324 e. The Morgan fingerprint density at radius 2 is 1.75 bits per heavy atom. The van der Waals surface area contributed by atoms with Gasteiger partial charge < -0.3 is 14.3 Å². The second-order valence-corrected chi connectivity index (χ2v) is 4.09. The van der Waals surface area contributed by atoms with Crippen molar-refractivity contribution in [1.29, 1.82) is 0 Å². The van der Waals surface area contributed by atoms with Crippen LogP contribution in [0.5, 0.6) is 0 Å². The molecule has 0 radical (unpaired) electrons. The first kappa shape index (κ1) is 8.20. The first-order valence-electron chi connectivity index (χ1n) is 4.42. The molecule has 3 heteroatoms. The molecule has 3 nitrogen and oxygen atoms in total. The first-order chi connectivity index (χ1) is 5.68. The van der Waals surface area contributed by atoms with E-state index in [1.54, 1.807) is 0 Å². The van der Waals surface area contributed by atoms with E-state index in [-0.39, 0.29) is 11.2 Å². The third kappa shape index (κ3) is 1.17. The summed E-state index contributed by atoms with van der Waals surface area (Å²) in [7, 11) is 0. The molecule has 2 aliphatic rings. The van der Waals surface area contributed by atoms with Gasteiger partial charge in [-0.2, -0.15) is 0 Å². The van der Waals surface area contributed by atoms with Crippen molar-refractivity contribution in [1.82, 2.24) is 0 Å². The normalized spacial score (nSPS) is 31.1. The quantitative estimate of drug-likeness (QED) is 0.559. The van der Waals surface area contributed by atoms with Gasteiger partial charge in [-0.15, -0.1) is 0 Å². The van der Waals surface area contributed by atoms with Crippen LogP contribution in [0.4, 0.5) is 0 Å². The van der Waals surface area contributed by atoms with Crippen LogP contribution in [0.2, 0.25) is 0 Å². The predicted molar refractivity (Wildman–Crippen MR) is 42.4 cm³/mol. The van der Waals surface area contributed by atoms with Crippen molar-refractivity contribution in [3.05, 3.63) is 0 Å². The molecule has 68 valence electrons. The maximum Gasteiger partial charge on any atom is 0.174 e. The molecule has 1 aliphatic carbocycles. The molecule has 12 heavy (non-hydrogen) atoms. The summed E-state index contributed by atoms with van der Waals surface area (Å²) in [5.74, 6) is -0.303. The Labute approximate surface area is 72.0 Å². The van der Waals surface area contributed by atoms with E-state index in [1.807, 2.05) is 6.92 Å². The Morgan fingerprint density at radius 3 is 2.08 bits per heavy atom. The van der Waals surface area contributed by atoms with E-state index < -0.39 is 0 Å². The Bertz CT molecular complexity index is 186. The molecular weight excluding hydrogens is 156 g/mol. The van der Waals surface area contributed by atoms with Gasteiger partial charge in [0.25, 0.3) is 0 Å². The van der Waals surface area contributed by atoms with Crippen molar-refractivity contribution < 1.29 is 14.3 Å². The lowest BCUT2D eigenvalue weighted by molar-refractivity contribution is -0.409. The van der Waals surface area contributed by atoms with Gasteiger partial charge in [0.1, 0.15) is 6.29 Å². The zero-order chi connectivity index (χ0) is 8.66. The second-order valence-electron chi connectivity index (χ2n) is 4.09. The number of carbonyl (C=O) groups is 1. The van der Waals surface area contributed by atoms with Crippen molar-refractivity contribution in [2.24, 2.45) is 5.41 Å². The number of rotatable bonds is 1. The molecule has 1 saturated carbocycles. The van der Waals surface area contributed by atoms with Gasteiger partial charge in [-0.05, 0) is 12.8 Å². The Balaban J connectivity index is 1.96. The predicted octanol–water partition coefficient (Wildman–Crippen LogP) is 1.47. The van der Waals surface area contributed by atoms with Gasteiger partial charge in [0.15, 0.2) is 12.6 Å². The lowest BCUT2D eigenvalue weighted by Crippen LogP contribution is -2.50. The molecule has 2 fully saturated rings. The number of hydrogen-bond acceptors (Lipinski definition) is 3. The maximum atomic E-state index is 10.7. The van der Waals surface area contributed by atoms with E-state index in [2.05, 4.69) is 0 Å². The third-order valence-corrected chi connectivity index (χ3v) is 3.08. The van der Waals surface area contributed by atoms with Crippen LogP contribution in [0.15, 0.2) is 0 Å². The first-order valence-corrected chi connectivity index (χ1v) is 4.42. The fraction of sp³-hybridized carbons (Fsp3) is 0.889. The highest BCUT2D eigenvalue weighted by Gasteiger charge is 2.46. The van der Waals surface area contributed by atoms with E-state index in [0.29, 0.717) is 6.79 Å². The van der Waals surface area contributed by atoms with Gasteiger partial charge in [-0.25, -0.2) is 0 Å². The zero-order valence-electron chi connectivity index (χ0n) is 7.34. The van der Waals surface area contributed by atoms with E-state index in [9.17, 15) is 4.79 Å². The number of hydrogen-bond donors (Lipinski definition) is 0. The van der Waals surface area contributed by atoms with Gasteiger partial charge in [0, 0.05) is 18.3 Å². The van der Waals surface area contributed by atoms with Crippen LogP contribution in [0.25, 0.3) is 0 Å². The lowest BCUT2D eigenvalue weighted by Gasteiger charge is -2.47. The Hall–Kier alpha value is -0.410. The molecule has 0 bridgehead atoms. The van der Waals surface area contributed by atoms with E-state index in [0.717, 1.165) is 32.0 Å². The molecule has 0 aromatic rings. The molecule has 0 N–H and O–H groups in total. The summed E-state index contributed by atoms with van der Waals surface area (Å²) in [4.78, 5) is 10.7. The van der Waals surface area contributed by atoms with Crippen LogP contribution in [-0.2, 0) is 14.3 Å². The minimum absolute atomic E-state index is 0.131. The summed E-state index contributed by atoms with van der Waals surface area (Å²) in [5.41, 5.74) is -0.131. The van der Waals surface area contributed by atoms with Crippen molar-refractivity contribution in [3.8, 4) is 0 Å². The summed E-state index contributed by atoms with van der Waals surface area (Å²) in [6.45, 7) is 2.43. The highest BCUT2D eigenvalue weighted by molar-refractivity contribution is 5.58. The summed E-state index contributed by atoms with van der Waals surface area (Å²) in [6, 6.07) is 0. The smallest absolute Gasteiger partial charge is 0.174 e.